The molecular formula is C24H22BrClN2O2. The maximum Gasteiger partial charge on any atom is 0.257 e. The molecule has 0 radical (unpaired) electrons. The molecule has 154 valence electrons. The van der Waals surface area contributed by atoms with Crippen LogP contribution in [0.4, 0.5) is 5.69 Å². The van der Waals surface area contributed by atoms with Crippen molar-refractivity contribution in [2.24, 2.45) is 0 Å². The number of allylic oxidation sites excluding steroid dienone is 2. The Morgan fingerprint density at radius 2 is 1.87 bits per heavy atom. The van der Waals surface area contributed by atoms with Crippen LogP contribution in [0.3, 0.4) is 0 Å². The summed E-state index contributed by atoms with van der Waals surface area (Å²) in [7, 11) is 1.73. The van der Waals surface area contributed by atoms with Gasteiger partial charge in [-0.05, 0) is 48.7 Å². The second-order valence-electron chi connectivity index (χ2n) is 7.64. The van der Waals surface area contributed by atoms with Gasteiger partial charge >= 0.3 is 0 Å². The molecule has 30 heavy (non-hydrogen) atoms. The van der Waals surface area contributed by atoms with E-state index >= 15 is 0 Å². The molecule has 1 aliphatic heterocycles. The Morgan fingerprint density at radius 3 is 2.50 bits per heavy atom. The third-order valence-electron chi connectivity index (χ3n) is 5.99. The summed E-state index contributed by atoms with van der Waals surface area (Å²) in [5, 5.41) is 0.587. The van der Waals surface area contributed by atoms with Gasteiger partial charge in [0, 0.05) is 16.5 Å². The molecule has 0 bridgehead atoms. The van der Waals surface area contributed by atoms with Gasteiger partial charge in [-0.1, -0.05) is 70.9 Å². The first-order valence-electron chi connectivity index (χ1n) is 9.88. The molecule has 0 spiro atoms. The highest BCUT2D eigenvalue weighted by Gasteiger charge is 2.47. The van der Waals surface area contributed by atoms with E-state index in [0.717, 1.165) is 10.0 Å². The molecule has 2 unspecified atom stereocenters. The van der Waals surface area contributed by atoms with Crippen molar-refractivity contribution in [3.63, 3.8) is 0 Å². The molecule has 2 atom stereocenters. The van der Waals surface area contributed by atoms with Gasteiger partial charge in [0.1, 0.15) is 6.04 Å². The number of carbonyl (C=O) groups is 2. The van der Waals surface area contributed by atoms with E-state index in [1.54, 1.807) is 35.0 Å². The second kappa shape index (κ2) is 8.05. The zero-order chi connectivity index (χ0) is 21.5. The van der Waals surface area contributed by atoms with Gasteiger partial charge in [0.2, 0.25) is 0 Å². The highest BCUT2D eigenvalue weighted by molar-refractivity contribution is 9.10. The van der Waals surface area contributed by atoms with E-state index in [4.69, 9.17) is 11.6 Å². The summed E-state index contributed by atoms with van der Waals surface area (Å²) in [5.74, 6) is -0.312. The lowest BCUT2D eigenvalue weighted by Crippen LogP contribution is -2.54. The van der Waals surface area contributed by atoms with Gasteiger partial charge in [-0.3, -0.25) is 9.59 Å². The monoisotopic (exact) mass is 484 g/mol. The van der Waals surface area contributed by atoms with E-state index < -0.39 is 11.6 Å². The van der Waals surface area contributed by atoms with Crippen LogP contribution in [0, 0.1) is 0 Å². The van der Waals surface area contributed by atoms with E-state index in [2.05, 4.69) is 28.9 Å². The lowest BCUT2D eigenvalue weighted by Gasteiger charge is -2.45. The van der Waals surface area contributed by atoms with Gasteiger partial charge in [-0.15, -0.1) is 0 Å². The summed E-state index contributed by atoms with van der Waals surface area (Å²) in [4.78, 5) is 31.2. The number of benzene rings is 2. The average molecular weight is 486 g/mol. The molecule has 0 saturated carbocycles. The minimum absolute atomic E-state index is 0.150. The van der Waals surface area contributed by atoms with Crippen LogP contribution in [-0.2, 0) is 4.79 Å². The number of fused-ring (bicyclic) bond motifs is 1. The smallest absolute Gasteiger partial charge is 0.257 e. The third-order valence-corrected chi connectivity index (χ3v) is 6.74. The molecule has 0 aromatic heterocycles. The standard InChI is InChI=1S/C24H22BrClN2O2/c1-3-24(13-5-4-6-14-24)28-21(16-7-10-18(26)11-8-16)23(30)27(2)20-12-9-17(25)15-19(20)22(28)29/h4-13,15,21H,3,14H2,1-2H3. The van der Waals surface area contributed by atoms with E-state index in [0.29, 0.717) is 29.1 Å². The number of carbonyl (C=O) groups excluding carboxylic acids is 2. The largest absolute Gasteiger partial charge is 0.313 e. The van der Waals surface area contributed by atoms with Gasteiger partial charge in [-0.2, -0.15) is 0 Å². The van der Waals surface area contributed by atoms with Gasteiger partial charge in [0.15, 0.2) is 0 Å². The predicted molar refractivity (Wildman–Crippen MR) is 124 cm³/mol. The molecule has 2 aromatic rings. The molecule has 2 amide bonds. The molecule has 2 aliphatic rings. The fourth-order valence-corrected chi connectivity index (χ4v) is 4.78. The van der Waals surface area contributed by atoms with Crippen molar-refractivity contribution in [1.29, 1.82) is 0 Å². The molecule has 1 heterocycles. The molecule has 2 aromatic carbocycles. The van der Waals surface area contributed by atoms with Crippen molar-refractivity contribution in [3.05, 3.63) is 87.4 Å². The predicted octanol–water partition coefficient (Wildman–Crippen LogP) is 5.93. The van der Waals surface area contributed by atoms with Gasteiger partial charge in [0.25, 0.3) is 11.8 Å². The van der Waals surface area contributed by atoms with Crippen molar-refractivity contribution in [2.75, 3.05) is 11.9 Å². The fourth-order valence-electron chi connectivity index (χ4n) is 4.29. The van der Waals surface area contributed by atoms with Gasteiger partial charge in [-0.25, -0.2) is 0 Å². The molecule has 1 aliphatic carbocycles. The number of rotatable bonds is 3. The second-order valence-corrected chi connectivity index (χ2v) is 8.99. The van der Waals surface area contributed by atoms with E-state index in [1.165, 1.54) is 0 Å². The lowest BCUT2D eigenvalue weighted by molar-refractivity contribution is -0.124. The summed E-state index contributed by atoms with van der Waals surface area (Å²) < 4.78 is 0.796. The summed E-state index contributed by atoms with van der Waals surface area (Å²) in [6.45, 7) is 2.05. The molecule has 0 saturated heterocycles. The van der Waals surface area contributed by atoms with Crippen LogP contribution in [0.15, 0.2) is 71.2 Å². The van der Waals surface area contributed by atoms with E-state index in [-0.39, 0.29) is 11.8 Å². The Hall–Kier alpha value is -2.37. The SMILES string of the molecule is CCC1(N2C(=O)c3cc(Br)ccc3N(C)C(=O)C2c2ccc(Cl)cc2)C=CC=CC1. The first kappa shape index (κ1) is 20.9. The molecule has 0 fully saturated rings. The number of hydrogen-bond acceptors (Lipinski definition) is 2. The number of nitrogens with zero attached hydrogens (tertiary/aromatic N) is 2. The van der Waals surface area contributed by atoms with Crippen molar-refractivity contribution in [2.45, 2.75) is 31.3 Å². The number of likely N-dealkylation sites (N-methyl/N-ethyl adjacent to an activating group) is 1. The number of hydrogen-bond donors (Lipinski definition) is 0. The summed E-state index contributed by atoms with van der Waals surface area (Å²) in [6.07, 6.45) is 9.37. The van der Waals surface area contributed by atoms with Crippen LogP contribution in [0.25, 0.3) is 0 Å². The van der Waals surface area contributed by atoms with E-state index in [9.17, 15) is 9.59 Å². The average Bonchev–Trinajstić information content (AvgIpc) is 2.84. The quantitative estimate of drug-likeness (QED) is 0.541. The van der Waals surface area contributed by atoms with Gasteiger partial charge < -0.3 is 9.80 Å². The van der Waals surface area contributed by atoms with Crippen molar-refractivity contribution in [3.8, 4) is 0 Å². The number of amides is 2. The first-order chi connectivity index (χ1) is 14.4. The number of halogens is 2. The highest BCUT2D eigenvalue weighted by atomic mass is 79.9. The Bertz CT molecular complexity index is 1060. The Balaban J connectivity index is 1.98. The topological polar surface area (TPSA) is 40.6 Å². The van der Waals surface area contributed by atoms with Crippen LogP contribution in [-0.4, -0.2) is 29.3 Å². The first-order valence-corrected chi connectivity index (χ1v) is 11.1. The minimum atomic E-state index is -0.762. The zero-order valence-corrected chi connectivity index (χ0v) is 19.2. The van der Waals surface area contributed by atoms with Crippen molar-refractivity contribution < 1.29 is 9.59 Å². The van der Waals surface area contributed by atoms with Crippen LogP contribution in [0.5, 0.6) is 0 Å². The third kappa shape index (κ3) is 3.40. The zero-order valence-electron chi connectivity index (χ0n) is 16.8. The molecule has 4 rings (SSSR count). The highest BCUT2D eigenvalue weighted by Crippen LogP contribution is 2.43. The van der Waals surface area contributed by atoms with Crippen LogP contribution in [0.1, 0.15) is 41.7 Å². The van der Waals surface area contributed by atoms with Crippen molar-refractivity contribution >= 4 is 45.0 Å². The van der Waals surface area contributed by atoms with Gasteiger partial charge in [0.05, 0.1) is 16.8 Å². The summed E-state index contributed by atoms with van der Waals surface area (Å²) in [5.41, 5.74) is 1.26. The fraction of sp³-hybridized carbons (Fsp3) is 0.250. The molecular weight excluding hydrogens is 464 g/mol. The molecule has 4 nitrogen and oxygen atoms in total. The Labute approximate surface area is 189 Å². The van der Waals surface area contributed by atoms with Crippen LogP contribution in [0.2, 0.25) is 5.02 Å². The maximum atomic E-state index is 14.0. The Kier molecular flexibility index (Phi) is 5.60. The normalized spacial score (nSPS) is 23.5. The van der Waals surface area contributed by atoms with E-state index in [1.807, 2.05) is 42.5 Å². The Morgan fingerprint density at radius 1 is 1.13 bits per heavy atom. The van der Waals surface area contributed by atoms with Crippen molar-refractivity contribution in [1.82, 2.24) is 4.90 Å². The van der Waals surface area contributed by atoms with Crippen LogP contribution >= 0.6 is 27.5 Å². The minimum Gasteiger partial charge on any atom is -0.313 e. The lowest BCUT2D eigenvalue weighted by atomic mass is 9.83. The summed E-state index contributed by atoms with van der Waals surface area (Å²) >= 11 is 9.58. The molecule has 6 heteroatoms. The molecule has 0 N–H and O–H groups in total. The maximum absolute atomic E-state index is 14.0. The number of anilines is 1. The van der Waals surface area contributed by atoms with Crippen LogP contribution < -0.4 is 4.90 Å². The summed E-state index contributed by atoms with van der Waals surface area (Å²) in [6, 6.07) is 11.9.